The van der Waals surface area contributed by atoms with E-state index in [4.69, 9.17) is 16.0 Å². The maximum Gasteiger partial charge on any atom is 0.141 e. The van der Waals surface area contributed by atoms with E-state index < -0.39 is 11.9 Å². The molecule has 2 aromatic carbocycles. The molecule has 4 heteroatoms. The molecule has 0 spiro atoms. The molecule has 0 aliphatic carbocycles. The Morgan fingerprint density at radius 1 is 1.11 bits per heavy atom. The van der Waals surface area contributed by atoms with Crippen molar-refractivity contribution in [2.75, 3.05) is 0 Å². The summed E-state index contributed by atoms with van der Waals surface area (Å²) in [5.41, 5.74) is 0.673. The predicted molar refractivity (Wildman–Crippen MR) is 71.7 cm³/mol. The Hall–Kier alpha value is -1.84. The zero-order valence-electron chi connectivity index (χ0n) is 9.81. The lowest BCUT2D eigenvalue weighted by Gasteiger charge is -2.10. The first-order valence-electron chi connectivity index (χ1n) is 5.77. The number of hydrogen-bond donors (Lipinski definition) is 1. The summed E-state index contributed by atoms with van der Waals surface area (Å²) in [4.78, 5) is 0. The molecular weight excluding hydrogens is 267 g/mol. The van der Waals surface area contributed by atoms with Gasteiger partial charge in [-0.1, -0.05) is 35.9 Å². The standard InChI is InChI=1S/C15H10ClFO2/c16-10-5-3-6-11(17)14(10)15(18)13-8-9-4-1-2-7-12(9)19-13/h1-8,15,18H. The number of aliphatic hydroxyl groups is 1. The van der Waals surface area contributed by atoms with Crippen molar-refractivity contribution in [3.05, 3.63) is 70.7 Å². The number of aliphatic hydroxyl groups excluding tert-OH is 1. The van der Waals surface area contributed by atoms with Crippen molar-refractivity contribution in [1.82, 2.24) is 0 Å². The predicted octanol–water partition coefficient (Wildman–Crippen LogP) is 4.31. The van der Waals surface area contributed by atoms with Crippen LogP contribution in [-0.4, -0.2) is 5.11 Å². The highest BCUT2D eigenvalue weighted by Gasteiger charge is 2.21. The van der Waals surface area contributed by atoms with Crippen molar-refractivity contribution < 1.29 is 13.9 Å². The number of benzene rings is 2. The van der Waals surface area contributed by atoms with Gasteiger partial charge in [-0.25, -0.2) is 4.39 Å². The van der Waals surface area contributed by atoms with Gasteiger partial charge >= 0.3 is 0 Å². The average molecular weight is 277 g/mol. The van der Waals surface area contributed by atoms with Crippen LogP contribution in [0.25, 0.3) is 11.0 Å². The summed E-state index contributed by atoms with van der Waals surface area (Å²) in [6, 6.07) is 13.3. The van der Waals surface area contributed by atoms with Gasteiger partial charge in [-0.15, -0.1) is 0 Å². The van der Waals surface area contributed by atoms with Gasteiger partial charge in [-0.3, -0.25) is 0 Å². The minimum absolute atomic E-state index is 0.0308. The lowest BCUT2D eigenvalue weighted by Crippen LogP contribution is -2.02. The van der Waals surface area contributed by atoms with Crippen molar-refractivity contribution >= 4 is 22.6 Å². The topological polar surface area (TPSA) is 33.4 Å². The maximum absolute atomic E-state index is 13.8. The van der Waals surface area contributed by atoms with Gasteiger partial charge < -0.3 is 9.52 Å². The molecule has 0 aliphatic rings. The van der Waals surface area contributed by atoms with Crippen molar-refractivity contribution in [3.63, 3.8) is 0 Å². The molecule has 0 bridgehead atoms. The minimum atomic E-state index is -1.22. The smallest absolute Gasteiger partial charge is 0.141 e. The molecule has 0 saturated heterocycles. The van der Waals surface area contributed by atoms with E-state index >= 15 is 0 Å². The Labute approximate surface area is 114 Å². The lowest BCUT2D eigenvalue weighted by molar-refractivity contribution is 0.187. The first-order chi connectivity index (χ1) is 9.16. The third kappa shape index (κ3) is 2.11. The van der Waals surface area contributed by atoms with Gasteiger partial charge in [0, 0.05) is 16.0 Å². The van der Waals surface area contributed by atoms with Crippen molar-refractivity contribution in [3.8, 4) is 0 Å². The van der Waals surface area contributed by atoms with E-state index in [0.717, 1.165) is 5.39 Å². The third-order valence-corrected chi connectivity index (χ3v) is 3.32. The quantitative estimate of drug-likeness (QED) is 0.757. The molecule has 1 aromatic heterocycles. The van der Waals surface area contributed by atoms with Gasteiger partial charge in [0.2, 0.25) is 0 Å². The van der Waals surface area contributed by atoms with E-state index in [1.807, 2.05) is 18.2 Å². The Morgan fingerprint density at radius 2 is 1.89 bits per heavy atom. The summed E-state index contributed by atoms with van der Waals surface area (Å²) >= 11 is 5.93. The van der Waals surface area contributed by atoms with Crippen LogP contribution < -0.4 is 0 Å². The first kappa shape index (κ1) is 12.2. The van der Waals surface area contributed by atoms with Gasteiger partial charge in [0.25, 0.3) is 0 Å². The van der Waals surface area contributed by atoms with E-state index in [1.165, 1.54) is 18.2 Å². The molecule has 0 aliphatic heterocycles. The summed E-state index contributed by atoms with van der Waals surface area (Å²) in [5.74, 6) is -0.284. The molecule has 96 valence electrons. The zero-order chi connectivity index (χ0) is 13.4. The van der Waals surface area contributed by atoms with Crippen LogP contribution in [0.4, 0.5) is 4.39 Å². The molecule has 1 heterocycles. The Kier molecular flexibility index (Phi) is 3.01. The Bertz CT molecular complexity index is 683. The van der Waals surface area contributed by atoms with E-state index in [2.05, 4.69) is 0 Å². The van der Waals surface area contributed by atoms with E-state index in [9.17, 15) is 9.50 Å². The van der Waals surface area contributed by atoms with E-state index in [1.54, 1.807) is 12.1 Å². The molecule has 3 aromatic rings. The van der Waals surface area contributed by atoms with Gasteiger partial charge in [0.15, 0.2) is 0 Å². The number of para-hydroxylation sites is 1. The fourth-order valence-electron chi connectivity index (χ4n) is 2.05. The van der Waals surface area contributed by atoms with Crippen LogP contribution in [0, 0.1) is 5.82 Å². The fraction of sp³-hybridized carbons (Fsp3) is 0.0667. The molecule has 0 amide bonds. The summed E-state index contributed by atoms with van der Waals surface area (Å²) in [6.45, 7) is 0. The van der Waals surface area contributed by atoms with Crippen LogP contribution in [0.15, 0.2) is 52.9 Å². The molecule has 1 N–H and O–H groups in total. The normalized spacial score (nSPS) is 12.8. The van der Waals surface area contributed by atoms with Gasteiger partial charge in [-0.2, -0.15) is 0 Å². The molecule has 0 radical (unpaired) electrons. The Morgan fingerprint density at radius 3 is 2.63 bits per heavy atom. The maximum atomic E-state index is 13.8. The van der Waals surface area contributed by atoms with Crippen LogP contribution >= 0.6 is 11.6 Å². The molecular formula is C15H10ClFO2. The van der Waals surface area contributed by atoms with Gasteiger partial charge in [0.05, 0.1) is 0 Å². The number of furan rings is 1. The summed E-state index contributed by atoms with van der Waals surface area (Å²) in [7, 11) is 0. The highest BCUT2D eigenvalue weighted by atomic mass is 35.5. The molecule has 0 fully saturated rings. The second kappa shape index (κ2) is 4.68. The fourth-order valence-corrected chi connectivity index (χ4v) is 2.32. The number of fused-ring (bicyclic) bond motifs is 1. The highest BCUT2D eigenvalue weighted by molar-refractivity contribution is 6.31. The lowest BCUT2D eigenvalue weighted by atomic mass is 10.1. The second-order valence-corrected chi connectivity index (χ2v) is 4.63. The minimum Gasteiger partial charge on any atom is -0.458 e. The van der Waals surface area contributed by atoms with Crippen LogP contribution in [0.3, 0.4) is 0 Å². The molecule has 1 unspecified atom stereocenters. The van der Waals surface area contributed by atoms with Crippen molar-refractivity contribution in [1.29, 1.82) is 0 Å². The van der Waals surface area contributed by atoms with Crippen LogP contribution in [0.1, 0.15) is 17.4 Å². The molecule has 3 rings (SSSR count). The van der Waals surface area contributed by atoms with E-state index in [-0.39, 0.29) is 16.3 Å². The highest BCUT2D eigenvalue weighted by Crippen LogP contribution is 2.33. The number of hydrogen-bond acceptors (Lipinski definition) is 2. The summed E-state index contributed by atoms with van der Waals surface area (Å²) in [6.07, 6.45) is -1.22. The largest absolute Gasteiger partial charge is 0.458 e. The van der Waals surface area contributed by atoms with Crippen molar-refractivity contribution in [2.24, 2.45) is 0 Å². The molecule has 1 atom stereocenters. The summed E-state index contributed by atoms with van der Waals surface area (Å²) < 4.78 is 19.3. The zero-order valence-corrected chi connectivity index (χ0v) is 10.6. The monoisotopic (exact) mass is 276 g/mol. The van der Waals surface area contributed by atoms with Crippen molar-refractivity contribution in [2.45, 2.75) is 6.10 Å². The van der Waals surface area contributed by atoms with Gasteiger partial charge in [-0.05, 0) is 24.3 Å². The van der Waals surface area contributed by atoms with Crippen LogP contribution in [-0.2, 0) is 0 Å². The van der Waals surface area contributed by atoms with Crippen LogP contribution in [0.5, 0.6) is 0 Å². The summed E-state index contributed by atoms with van der Waals surface area (Å²) in [5, 5.41) is 11.3. The average Bonchev–Trinajstić information content (AvgIpc) is 2.82. The second-order valence-electron chi connectivity index (χ2n) is 4.22. The molecule has 2 nitrogen and oxygen atoms in total. The third-order valence-electron chi connectivity index (χ3n) is 2.99. The van der Waals surface area contributed by atoms with E-state index in [0.29, 0.717) is 5.58 Å². The number of rotatable bonds is 2. The van der Waals surface area contributed by atoms with Crippen LogP contribution in [0.2, 0.25) is 5.02 Å². The molecule has 0 saturated carbocycles. The first-order valence-corrected chi connectivity index (χ1v) is 6.15. The SMILES string of the molecule is OC(c1cc2ccccc2o1)c1c(F)cccc1Cl. The Balaban J connectivity index is 2.10. The van der Waals surface area contributed by atoms with Gasteiger partial charge in [0.1, 0.15) is 23.3 Å². The molecule has 19 heavy (non-hydrogen) atoms. The number of halogens is 2.